The molecule has 9 nitrogen and oxygen atoms in total. The van der Waals surface area contributed by atoms with E-state index in [1.807, 2.05) is 12.1 Å². The first-order chi connectivity index (χ1) is 19.7. The van der Waals surface area contributed by atoms with Crippen molar-refractivity contribution >= 4 is 27.5 Å². The Bertz CT molecular complexity index is 1410. The lowest BCUT2D eigenvalue weighted by atomic mass is 10.1. The molecule has 0 heterocycles. The van der Waals surface area contributed by atoms with Crippen LogP contribution in [0.4, 0.5) is 5.69 Å². The smallest absolute Gasteiger partial charge is 0.264 e. The SMILES string of the molecule is COc1ccc(CN(C(=O)CN(c2ccccc2)S(=O)(=O)c2ccc(OC)cc2)[C@H](C)C(=O)NC2CCCC2)cc1. The van der Waals surface area contributed by atoms with Gasteiger partial charge in [-0.05, 0) is 73.9 Å². The molecule has 218 valence electrons. The van der Waals surface area contributed by atoms with Crippen LogP contribution in [0.2, 0.25) is 0 Å². The number of para-hydroxylation sites is 1. The fraction of sp³-hybridized carbons (Fsp3) is 0.355. The average Bonchev–Trinajstić information content (AvgIpc) is 3.52. The lowest BCUT2D eigenvalue weighted by molar-refractivity contribution is -0.139. The summed E-state index contributed by atoms with van der Waals surface area (Å²) in [6.07, 6.45) is 3.94. The predicted molar refractivity (Wildman–Crippen MR) is 157 cm³/mol. The van der Waals surface area contributed by atoms with E-state index in [-0.39, 0.29) is 23.4 Å². The minimum atomic E-state index is -4.14. The molecule has 0 radical (unpaired) electrons. The van der Waals surface area contributed by atoms with E-state index in [2.05, 4.69) is 5.32 Å². The molecule has 4 rings (SSSR count). The average molecular weight is 580 g/mol. The zero-order valence-corrected chi connectivity index (χ0v) is 24.5. The molecule has 1 aliphatic rings. The van der Waals surface area contributed by atoms with Crippen LogP contribution in [0.25, 0.3) is 0 Å². The molecule has 1 N–H and O–H groups in total. The highest BCUT2D eigenvalue weighted by atomic mass is 32.2. The Hall–Kier alpha value is -4.05. The quantitative estimate of drug-likeness (QED) is 0.342. The van der Waals surface area contributed by atoms with Crippen molar-refractivity contribution in [2.24, 2.45) is 0 Å². The monoisotopic (exact) mass is 579 g/mol. The van der Waals surface area contributed by atoms with Crippen LogP contribution >= 0.6 is 0 Å². The van der Waals surface area contributed by atoms with E-state index in [1.54, 1.807) is 68.6 Å². The van der Waals surface area contributed by atoms with Crippen LogP contribution in [-0.2, 0) is 26.2 Å². The standard InChI is InChI=1S/C31H37N3O6S/c1-23(31(36)32-25-9-7-8-10-25)33(21-24-13-15-27(39-2)16-14-24)30(35)22-34(26-11-5-4-6-12-26)41(37,38)29-19-17-28(40-3)18-20-29/h4-6,11-20,23,25H,7-10,21-22H2,1-3H3,(H,32,36)/t23-/m1/s1. The Morgan fingerprint density at radius 2 is 1.44 bits per heavy atom. The van der Waals surface area contributed by atoms with Gasteiger partial charge >= 0.3 is 0 Å². The molecule has 1 saturated carbocycles. The van der Waals surface area contributed by atoms with Crippen LogP contribution in [0.1, 0.15) is 38.2 Å². The molecular weight excluding hydrogens is 542 g/mol. The Morgan fingerprint density at radius 3 is 2.00 bits per heavy atom. The van der Waals surface area contributed by atoms with Crippen molar-refractivity contribution in [2.45, 2.75) is 56.1 Å². The number of amides is 2. The molecule has 10 heteroatoms. The first kappa shape index (κ1) is 29.9. The van der Waals surface area contributed by atoms with Crippen LogP contribution < -0.4 is 19.1 Å². The maximum absolute atomic E-state index is 14.0. The maximum atomic E-state index is 14.0. The van der Waals surface area contributed by atoms with Crippen LogP contribution in [0.3, 0.4) is 0 Å². The second-order valence-corrected chi connectivity index (χ2v) is 11.9. The zero-order chi connectivity index (χ0) is 29.4. The number of rotatable bonds is 12. The van der Waals surface area contributed by atoms with E-state index in [1.165, 1.54) is 24.1 Å². The van der Waals surface area contributed by atoms with Gasteiger partial charge in [-0.2, -0.15) is 0 Å². The fourth-order valence-electron chi connectivity index (χ4n) is 4.90. The lowest BCUT2D eigenvalue weighted by Gasteiger charge is -2.32. The van der Waals surface area contributed by atoms with Crippen LogP contribution in [0.5, 0.6) is 11.5 Å². The summed E-state index contributed by atoms with van der Waals surface area (Å²) in [4.78, 5) is 28.8. The number of methoxy groups -OCH3 is 2. The number of hydrogen-bond acceptors (Lipinski definition) is 6. The Balaban J connectivity index is 1.66. The maximum Gasteiger partial charge on any atom is 0.264 e. The van der Waals surface area contributed by atoms with Crippen molar-refractivity contribution in [3.63, 3.8) is 0 Å². The van der Waals surface area contributed by atoms with E-state index in [4.69, 9.17) is 9.47 Å². The summed E-state index contributed by atoms with van der Waals surface area (Å²) in [5.74, 6) is 0.414. The van der Waals surface area contributed by atoms with E-state index in [0.717, 1.165) is 35.6 Å². The van der Waals surface area contributed by atoms with Crippen LogP contribution in [-0.4, -0.2) is 58.0 Å². The number of nitrogens with zero attached hydrogens (tertiary/aromatic N) is 2. The van der Waals surface area contributed by atoms with E-state index < -0.39 is 28.5 Å². The molecule has 0 aliphatic heterocycles. The molecule has 1 atom stereocenters. The number of nitrogens with one attached hydrogen (secondary N) is 1. The van der Waals surface area contributed by atoms with Gasteiger partial charge in [-0.15, -0.1) is 0 Å². The molecule has 3 aromatic carbocycles. The molecular formula is C31H37N3O6S. The molecule has 1 fully saturated rings. The van der Waals surface area contributed by atoms with Crippen molar-refractivity contribution in [2.75, 3.05) is 25.1 Å². The van der Waals surface area contributed by atoms with Crippen molar-refractivity contribution in [3.05, 3.63) is 84.4 Å². The Kier molecular flexibility index (Phi) is 9.88. The van der Waals surface area contributed by atoms with Gasteiger partial charge in [0.2, 0.25) is 11.8 Å². The third-order valence-corrected chi connectivity index (χ3v) is 9.14. The first-order valence-corrected chi connectivity index (χ1v) is 15.1. The van der Waals surface area contributed by atoms with E-state index in [9.17, 15) is 18.0 Å². The molecule has 3 aromatic rings. The molecule has 41 heavy (non-hydrogen) atoms. The van der Waals surface area contributed by atoms with Gasteiger partial charge in [0.15, 0.2) is 0 Å². The number of carbonyl (C=O) groups excluding carboxylic acids is 2. The van der Waals surface area contributed by atoms with E-state index >= 15 is 0 Å². The van der Waals surface area contributed by atoms with E-state index in [0.29, 0.717) is 17.2 Å². The minimum Gasteiger partial charge on any atom is -0.497 e. The number of anilines is 1. The predicted octanol–water partition coefficient (Wildman–Crippen LogP) is 4.38. The highest BCUT2D eigenvalue weighted by molar-refractivity contribution is 7.92. The Morgan fingerprint density at radius 1 is 0.878 bits per heavy atom. The largest absolute Gasteiger partial charge is 0.497 e. The summed E-state index contributed by atoms with van der Waals surface area (Å²) in [7, 11) is -1.07. The summed E-state index contributed by atoms with van der Waals surface area (Å²) in [5, 5.41) is 3.07. The third-order valence-electron chi connectivity index (χ3n) is 7.35. The summed E-state index contributed by atoms with van der Waals surface area (Å²) in [6, 6.07) is 20.9. The molecule has 0 aromatic heterocycles. The van der Waals surface area contributed by atoms with Gasteiger partial charge < -0.3 is 19.7 Å². The second-order valence-electron chi connectivity index (χ2n) is 10.1. The first-order valence-electron chi connectivity index (χ1n) is 13.7. The van der Waals surface area contributed by atoms with Gasteiger partial charge in [-0.1, -0.05) is 43.2 Å². The lowest BCUT2D eigenvalue weighted by Crippen LogP contribution is -2.52. The second kappa shape index (κ2) is 13.5. The summed E-state index contributed by atoms with van der Waals surface area (Å²) >= 11 is 0. The molecule has 0 spiro atoms. The fourth-order valence-corrected chi connectivity index (χ4v) is 6.31. The zero-order valence-electron chi connectivity index (χ0n) is 23.7. The highest BCUT2D eigenvalue weighted by Gasteiger charge is 2.33. The number of sulfonamides is 1. The third kappa shape index (κ3) is 7.38. The van der Waals surface area contributed by atoms with Gasteiger partial charge in [-0.3, -0.25) is 13.9 Å². The molecule has 2 amide bonds. The summed E-state index contributed by atoms with van der Waals surface area (Å²) in [5.41, 5.74) is 1.12. The molecule has 0 unspecified atom stereocenters. The van der Waals surface area contributed by atoms with Crippen molar-refractivity contribution in [1.29, 1.82) is 0 Å². The van der Waals surface area contributed by atoms with Gasteiger partial charge in [-0.25, -0.2) is 8.42 Å². The number of benzene rings is 3. The van der Waals surface area contributed by atoms with Crippen LogP contribution in [0, 0.1) is 0 Å². The number of ether oxygens (including phenoxy) is 2. The van der Waals surface area contributed by atoms with Gasteiger partial charge in [0, 0.05) is 12.6 Å². The summed E-state index contributed by atoms with van der Waals surface area (Å²) in [6.45, 7) is 1.30. The number of hydrogen-bond donors (Lipinski definition) is 1. The molecule has 1 aliphatic carbocycles. The normalized spacial score (nSPS) is 14.2. The molecule has 0 saturated heterocycles. The Labute approximate surface area is 242 Å². The van der Waals surface area contributed by atoms with Crippen molar-refractivity contribution in [3.8, 4) is 11.5 Å². The van der Waals surface area contributed by atoms with Gasteiger partial charge in [0.05, 0.1) is 24.8 Å². The van der Waals surface area contributed by atoms with Gasteiger partial charge in [0.25, 0.3) is 10.0 Å². The van der Waals surface area contributed by atoms with Crippen molar-refractivity contribution in [1.82, 2.24) is 10.2 Å². The van der Waals surface area contributed by atoms with Crippen LogP contribution in [0.15, 0.2) is 83.8 Å². The number of carbonyl (C=O) groups is 2. The topological polar surface area (TPSA) is 105 Å². The highest BCUT2D eigenvalue weighted by Crippen LogP contribution is 2.26. The molecule has 0 bridgehead atoms. The minimum absolute atomic E-state index is 0.0173. The summed E-state index contributed by atoms with van der Waals surface area (Å²) < 4.78 is 39.3. The van der Waals surface area contributed by atoms with Gasteiger partial charge in [0.1, 0.15) is 24.1 Å². The van der Waals surface area contributed by atoms with Crippen molar-refractivity contribution < 1.29 is 27.5 Å².